The zero-order valence-electron chi connectivity index (χ0n) is 7.54. The first-order valence-electron chi connectivity index (χ1n) is 3.90. The molecule has 0 unspecified atom stereocenters. The highest BCUT2D eigenvalue weighted by Crippen LogP contribution is 2.17. The average molecular weight is 233 g/mol. The van der Waals surface area contributed by atoms with Gasteiger partial charge in [0.2, 0.25) is 0 Å². The quantitative estimate of drug-likeness (QED) is 0.800. The van der Waals surface area contributed by atoms with Crippen LogP contribution in [0.4, 0.5) is 0 Å². The fraction of sp³-hybridized carbons (Fsp3) is 0.625. The van der Waals surface area contributed by atoms with Crippen LogP contribution in [0.2, 0.25) is 0 Å². The lowest BCUT2D eigenvalue weighted by Crippen LogP contribution is -2.05. The van der Waals surface area contributed by atoms with Crippen molar-refractivity contribution in [1.82, 2.24) is 9.55 Å². The van der Waals surface area contributed by atoms with E-state index in [0.29, 0.717) is 11.9 Å². The zero-order chi connectivity index (χ0) is 9.14. The molecule has 1 aromatic rings. The lowest BCUT2D eigenvalue weighted by Gasteiger charge is -2.07. The molecule has 0 atom stereocenters. The first-order valence-corrected chi connectivity index (χ1v) is 4.69. The third-order valence-electron chi connectivity index (χ3n) is 1.45. The standard InChI is InChI=1S/C8H13BrN2O/c1-6(2)4-11-5-7(9)10-8(11)12-3/h5-6H,4H2,1-3H3. The number of nitrogens with zero attached hydrogens (tertiary/aromatic N) is 2. The van der Waals surface area contributed by atoms with Crippen molar-refractivity contribution in [3.05, 3.63) is 10.8 Å². The first kappa shape index (κ1) is 9.58. The fourth-order valence-corrected chi connectivity index (χ4v) is 1.45. The lowest BCUT2D eigenvalue weighted by molar-refractivity contribution is 0.344. The summed E-state index contributed by atoms with van der Waals surface area (Å²) in [7, 11) is 1.63. The number of halogens is 1. The maximum absolute atomic E-state index is 5.09. The molecule has 1 rings (SSSR count). The van der Waals surface area contributed by atoms with E-state index in [1.165, 1.54) is 0 Å². The van der Waals surface area contributed by atoms with E-state index in [-0.39, 0.29) is 0 Å². The zero-order valence-corrected chi connectivity index (χ0v) is 9.13. The molecule has 0 aliphatic carbocycles. The molecule has 1 aromatic heterocycles. The summed E-state index contributed by atoms with van der Waals surface area (Å²) in [6.45, 7) is 5.25. The van der Waals surface area contributed by atoms with E-state index < -0.39 is 0 Å². The van der Waals surface area contributed by atoms with Crippen LogP contribution in [0.15, 0.2) is 10.8 Å². The molecule has 0 fully saturated rings. The summed E-state index contributed by atoms with van der Waals surface area (Å²) in [5, 5.41) is 0. The van der Waals surface area contributed by atoms with Crippen LogP contribution >= 0.6 is 15.9 Å². The number of methoxy groups -OCH3 is 1. The van der Waals surface area contributed by atoms with Crippen LogP contribution in [-0.2, 0) is 6.54 Å². The summed E-state index contributed by atoms with van der Waals surface area (Å²) in [6, 6.07) is 0.663. The van der Waals surface area contributed by atoms with E-state index in [1.807, 2.05) is 10.8 Å². The van der Waals surface area contributed by atoms with E-state index in [1.54, 1.807) is 7.11 Å². The summed E-state index contributed by atoms with van der Waals surface area (Å²) in [4.78, 5) is 4.14. The molecule has 0 saturated carbocycles. The lowest BCUT2D eigenvalue weighted by atomic mass is 10.2. The molecule has 0 amide bonds. The molecule has 0 saturated heterocycles. The SMILES string of the molecule is COc1nc(Br)cn1CC(C)C. The van der Waals surface area contributed by atoms with Crippen molar-refractivity contribution in [2.45, 2.75) is 20.4 Å². The molecule has 0 aliphatic heterocycles. The third kappa shape index (κ3) is 2.24. The van der Waals surface area contributed by atoms with E-state index in [0.717, 1.165) is 11.1 Å². The predicted octanol–water partition coefficient (Wildman–Crippen LogP) is 2.31. The average Bonchev–Trinajstić information content (AvgIpc) is 2.29. The number of aromatic nitrogens is 2. The normalized spacial score (nSPS) is 10.8. The van der Waals surface area contributed by atoms with Gasteiger partial charge in [0.05, 0.1) is 7.11 Å². The number of ether oxygens (including phenoxy) is 1. The Morgan fingerprint density at radius 3 is 2.83 bits per heavy atom. The summed E-state index contributed by atoms with van der Waals surface area (Å²) in [5.74, 6) is 0.597. The van der Waals surface area contributed by atoms with Crippen LogP contribution in [0.3, 0.4) is 0 Å². The van der Waals surface area contributed by atoms with E-state index in [4.69, 9.17) is 4.74 Å². The van der Waals surface area contributed by atoms with Crippen molar-refractivity contribution in [2.75, 3.05) is 7.11 Å². The summed E-state index contributed by atoms with van der Waals surface area (Å²) in [6.07, 6.45) is 1.93. The molecule has 0 radical (unpaired) electrons. The second-order valence-corrected chi connectivity index (χ2v) is 3.91. The largest absolute Gasteiger partial charge is 0.468 e. The third-order valence-corrected chi connectivity index (χ3v) is 1.84. The van der Waals surface area contributed by atoms with E-state index in [2.05, 4.69) is 34.8 Å². The van der Waals surface area contributed by atoms with Crippen molar-refractivity contribution in [2.24, 2.45) is 5.92 Å². The van der Waals surface area contributed by atoms with Crippen molar-refractivity contribution in [1.29, 1.82) is 0 Å². The van der Waals surface area contributed by atoms with Gasteiger partial charge >= 0.3 is 0 Å². The fourth-order valence-electron chi connectivity index (χ4n) is 1.06. The molecular formula is C8H13BrN2O. The highest BCUT2D eigenvalue weighted by atomic mass is 79.9. The molecule has 3 nitrogen and oxygen atoms in total. The molecular weight excluding hydrogens is 220 g/mol. The number of rotatable bonds is 3. The Bertz CT molecular complexity index is 258. The molecule has 0 spiro atoms. The highest BCUT2D eigenvalue weighted by Gasteiger charge is 2.06. The van der Waals surface area contributed by atoms with Crippen molar-refractivity contribution in [3.8, 4) is 6.01 Å². The van der Waals surface area contributed by atoms with Crippen LogP contribution in [0.5, 0.6) is 6.01 Å². The Hall–Kier alpha value is -0.510. The highest BCUT2D eigenvalue weighted by molar-refractivity contribution is 9.10. The minimum atomic E-state index is 0.597. The van der Waals surface area contributed by atoms with Crippen molar-refractivity contribution in [3.63, 3.8) is 0 Å². The molecule has 0 bridgehead atoms. The van der Waals surface area contributed by atoms with Gasteiger partial charge in [-0.2, -0.15) is 4.98 Å². The molecule has 68 valence electrons. The number of hydrogen-bond donors (Lipinski definition) is 0. The van der Waals surface area contributed by atoms with Gasteiger partial charge in [0.15, 0.2) is 0 Å². The van der Waals surface area contributed by atoms with E-state index >= 15 is 0 Å². The summed E-state index contributed by atoms with van der Waals surface area (Å²) < 4.78 is 7.90. The minimum absolute atomic E-state index is 0.597. The minimum Gasteiger partial charge on any atom is -0.468 e. The van der Waals surface area contributed by atoms with Crippen LogP contribution in [-0.4, -0.2) is 16.7 Å². The van der Waals surface area contributed by atoms with Gasteiger partial charge in [-0.1, -0.05) is 13.8 Å². The topological polar surface area (TPSA) is 27.1 Å². The van der Waals surface area contributed by atoms with Crippen LogP contribution in [0.25, 0.3) is 0 Å². The molecule has 4 heteroatoms. The van der Waals surface area contributed by atoms with Crippen molar-refractivity contribution >= 4 is 15.9 Å². The van der Waals surface area contributed by atoms with Crippen LogP contribution in [0, 0.1) is 5.92 Å². The predicted molar refractivity (Wildman–Crippen MR) is 51.3 cm³/mol. The summed E-state index contributed by atoms with van der Waals surface area (Å²) in [5.41, 5.74) is 0. The molecule has 0 aliphatic rings. The second kappa shape index (κ2) is 3.94. The Balaban J connectivity index is 2.81. The van der Waals surface area contributed by atoms with Gasteiger partial charge in [-0.15, -0.1) is 0 Å². The van der Waals surface area contributed by atoms with Gasteiger partial charge in [0, 0.05) is 12.7 Å². The molecule has 1 heterocycles. The first-order chi connectivity index (χ1) is 5.63. The van der Waals surface area contributed by atoms with Gasteiger partial charge in [0.1, 0.15) is 4.60 Å². The van der Waals surface area contributed by atoms with Gasteiger partial charge in [0.25, 0.3) is 6.01 Å². The van der Waals surface area contributed by atoms with Gasteiger partial charge in [-0.25, -0.2) is 0 Å². The second-order valence-electron chi connectivity index (χ2n) is 3.10. The maximum Gasteiger partial charge on any atom is 0.297 e. The Morgan fingerprint density at radius 2 is 2.33 bits per heavy atom. The van der Waals surface area contributed by atoms with Crippen LogP contribution in [0.1, 0.15) is 13.8 Å². The monoisotopic (exact) mass is 232 g/mol. The summed E-state index contributed by atoms with van der Waals surface area (Å²) >= 11 is 3.30. The van der Waals surface area contributed by atoms with Crippen molar-refractivity contribution < 1.29 is 4.74 Å². The molecule has 0 aromatic carbocycles. The van der Waals surface area contributed by atoms with Gasteiger partial charge < -0.3 is 4.74 Å². The maximum atomic E-state index is 5.09. The molecule has 0 N–H and O–H groups in total. The van der Waals surface area contributed by atoms with Crippen LogP contribution < -0.4 is 4.74 Å². The Labute approximate surface area is 80.9 Å². The molecule has 12 heavy (non-hydrogen) atoms. The Morgan fingerprint density at radius 1 is 1.67 bits per heavy atom. The number of hydrogen-bond acceptors (Lipinski definition) is 2. The smallest absolute Gasteiger partial charge is 0.297 e. The number of imidazole rings is 1. The Kier molecular flexibility index (Phi) is 3.14. The van der Waals surface area contributed by atoms with Gasteiger partial charge in [-0.05, 0) is 21.8 Å². The van der Waals surface area contributed by atoms with Gasteiger partial charge in [-0.3, -0.25) is 4.57 Å². The van der Waals surface area contributed by atoms with E-state index in [9.17, 15) is 0 Å².